The van der Waals surface area contributed by atoms with E-state index in [0.717, 1.165) is 0 Å². The van der Waals surface area contributed by atoms with Gasteiger partial charge in [0.1, 0.15) is 0 Å². The van der Waals surface area contributed by atoms with Gasteiger partial charge in [-0.15, -0.1) is 6.42 Å². The molecule has 44 valence electrons. The van der Waals surface area contributed by atoms with E-state index in [1.165, 1.54) is 12.2 Å². The van der Waals surface area contributed by atoms with Gasteiger partial charge in [0.2, 0.25) is 0 Å². The highest BCUT2D eigenvalue weighted by Crippen LogP contribution is 1.74. The van der Waals surface area contributed by atoms with Crippen LogP contribution < -0.4 is 0 Å². The third kappa shape index (κ3) is 5.41. The molecule has 0 fully saturated rings. The highest BCUT2D eigenvalue weighted by molar-refractivity contribution is 7.79. The van der Waals surface area contributed by atoms with E-state index in [0.29, 0.717) is 0 Å². The molecule has 1 atom stereocenters. The Morgan fingerprint density at radius 1 is 1.88 bits per heavy atom. The molecule has 1 unspecified atom stereocenters. The van der Waals surface area contributed by atoms with E-state index in [-0.39, 0.29) is 5.75 Å². The third-order valence-electron chi connectivity index (χ3n) is 0.446. The van der Waals surface area contributed by atoms with Crippen LogP contribution in [0.5, 0.6) is 0 Å². The highest BCUT2D eigenvalue weighted by Gasteiger charge is 1.71. The zero-order valence-corrected chi connectivity index (χ0v) is 4.98. The lowest BCUT2D eigenvalue weighted by Gasteiger charge is -1.95. The van der Waals surface area contributed by atoms with Crippen LogP contribution in [0.2, 0.25) is 0 Å². The molecule has 0 amide bonds. The SMILES string of the molecule is C#CC=CCS(=O)[O-]. The summed E-state index contributed by atoms with van der Waals surface area (Å²) in [4.78, 5) is 0. The molecular weight excluding hydrogens is 124 g/mol. The van der Waals surface area contributed by atoms with Crippen molar-refractivity contribution in [3.8, 4) is 12.3 Å². The van der Waals surface area contributed by atoms with Crippen LogP contribution in [-0.4, -0.2) is 14.5 Å². The zero-order chi connectivity index (χ0) is 6.41. The number of terminal acetylenes is 1. The largest absolute Gasteiger partial charge is 0.772 e. The fourth-order valence-electron chi connectivity index (χ4n) is 0.195. The van der Waals surface area contributed by atoms with Gasteiger partial charge in [-0.3, -0.25) is 4.21 Å². The average molecular weight is 129 g/mol. The van der Waals surface area contributed by atoms with Gasteiger partial charge in [-0.1, -0.05) is 23.1 Å². The standard InChI is InChI=1S/C5H6O2S/c1-2-3-4-5-8(6)7/h1,3-4H,5H2,(H,6,7)/p-1. The van der Waals surface area contributed by atoms with Gasteiger partial charge in [-0.25, -0.2) is 0 Å². The van der Waals surface area contributed by atoms with Crippen LogP contribution in [-0.2, 0) is 11.1 Å². The van der Waals surface area contributed by atoms with Gasteiger partial charge in [-0.2, -0.15) is 0 Å². The molecule has 0 heterocycles. The molecule has 0 saturated carbocycles. The number of allylic oxidation sites excluding steroid dienone is 1. The minimum Gasteiger partial charge on any atom is -0.772 e. The minimum atomic E-state index is -2.00. The van der Waals surface area contributed by atoms with Gasteiger partial charge in [0.15, 0.2) is 0 Å². The first-order valence-corrected chi connectivity index (χ1v) is 3.18. The normalized spacial score (nSPS) is 13.5. The summed E-state index contributed by atoms with van der Waals surface area (Å²) in [5.41, 5.74) is 0. The topological polar surface area (TPSA) is 40.1 Å². The van der Waals surface area contributed by atoms with E-state index in [1.54, 1.807) is 0 Å². The predicted molar refractivity (Wildman–Crippen MR) is 31.8 cm³/mol. The van der Waals surface area contributed by atoms with Crippen LogP contribution in [0.25, 0.3) is 0 Å². The van der Waals surface area contributed by atoms with Gasteiger partial charge in [-0.05, 0) is 6.08 Å². The second-order valence-electron chi connectivity index (χ2n) is 1.04. The Bertz CT molecular complexity index is 143. The molecule has 0 bridgehead atoms. The second kappa shape index (κ2) is 4.57. The maximum atomic E-state index is 9.75. The van der Waals surface area contributed by atoms with Crippen molar-refractivity contribution in [3.05, 3.63) is 12.2 Å². The van der Waals surface area contributed by atoms with E-state index in [4.69, 9.17) is 6.42 Å². The molecule has 0 spiro atoms. The predicted octanol–water partition coefficient (Wildman–Crippen LogP) is 0.0549. The van der Waals surface area contributed by atoms with Gasteiger partial charge < -0.3 is 4.55 Å². The van der Waals surface area contributed by atoms with E-state index in [1.807, 2.05) is 0 Å². The monoisotopic (exact) mass is 129 g/mol. The Balaban J connectivity index is 3.34. The van der Waals surface area contributed by atoms with Gasteiger partial charge >= 0.3 is 0 Å². The summed E-state index contributed by atoms with van der Waals surface area (Å²) < 4.78 is 19.5. The molecule has 2 nitrogen and oxygen atoms in total. The fourth-order valence-corrected chi connectivity index (χ4v) is 0.448. The quantitative estimate of drug-likeness (QED) is 0.390. The first-order chi connectivity index (χ1) is 3.77. The molecule has 0 rings (SSSR count). The average Bonchev–Trinajstić information content (AvgIpc) is 1.66. The molecule has 0 N–H and O–H groups in total. The Kier molecular flexibility index (Phi) is 4.23. The summed E-state index contributed by atoms with van der Waals surface area (Å²) in [6.07, 6.45) is 7.54. The highest BCUT2D eigenvalue weighted by atomic mass is 32.2. The van der Waals surface area contributed by atoms with Gasteiger partial charge in [0.25, 0.3) is 0 Å². The first kappa shape index (κ1) is 7.41. The lowest BCUT2D eigenvalue weighted by atomic mass is 10.5. The fraction of sp³-hybridized carbons (Fsp3) is 0.200. The summed E-state index contributed by atoms with van der Waals surface area (Å²) >= 11 is -2.00. The third-order valence-corrected chi connectivity index (χ3v) is 0.911. The van der Waals surface area contributed by atoms with Gasteiger partial charge in [0, 0.05) is 5.75 Å². The number of rotatable bonds is 2. The van der Waals surface area contributed by atoms with E-state index >= 15 is 0 Å². The summed E-state index contributed by atoms with van der Waals surface area (Å²) in [5, 5.41) is 0. The van der Waals surface area contributed by atoms with E-state index in [2.05, 4.69) is 5.92 Å². The number of hydrogen-bond acceptors (Lipinski definition) is 2. The molecule has 0 aromatic rings. The zero-order valence-electron chi connectivity index (χ0n) is 4.16. The van der Waals surface area contributed by atoms with Crippen LogP contribution in [0.4, 0.5) is 0 Å². The van der Waals surface area contributed by atoms with Crippen molar-refractivity contribution >= 4 is 11.1 Å². The van der Waals surface area contributed by atoms with Crippen molar-refractivity contribution in [1.29, 1.82) is 0 Å². The summed E-state index contributed by atoms with van der Waals surface area (Å²) in [7, 11) is 0. The maximum Gasteiger partial charge on any atom is 0.0291 e. The van der Waals surface area contributed by atoms with Crippen molar-refractivity contribution in [2.24, 2.45) is 0 Å². The molecule has 0 aromatic carbocycles. The lowest BCUT2D eigenvalue weighted by molar-refractivity contribution is 0.540. The molecule has 8 heavy (non-hydrogen) atoms. The number of hydrogen-bond donors (Lipinski definition) is 0. The Hall–Kier alpha value is -0.590. The molecule has 3 heteroatoms. The summed E-state index contributed by atoms with van der Waals surface area (Å²) in [5.74, 6) is 2.17. The summed E-state index contributed by atoms with van der Waals surface area (Å²) in [6, 6.07) is 0. The van der Waals surface area contributed by atoms with E-state index < -0.39 is 11.1 Å². The molecule has 0 aliphatic rings. The molecule has 0 radical (unpaired) electrons. The van der Waals surface area contributed by atoms with Crippen LogP contribution in [0.1, 0.15) is 0 Å². The maximum absolute atomic E-state index is 9.75. The molecule has 0 aliphatic carbocycles. The van der Waals surface area contributed by atoms with Crippen molar-refractivity contribution in [2.45, 2.75) is 0 Å². The minimum absolute atomic E-state index is 0.00417. The Morgan fingerprint density at radius 2 is 2.50 bits per heavy atom. The lowest BCUT2D eigenvalue weighted by Crippen LogP contribution is -1.88. The van der Waals surface area contributed by atoms with Crippen LogP contribution in [0.15, 0.2) is 12.2 Å². The van der Waals surface area contributed by atoms with E-state index in [9.17, 15) is 8.76 Å². The second-order valence-corrected chi connectivity index (χ2v) is 1.98. The molecule has 0 saturated heterocycles. The van der Waals surface area contributed by atoms with Gasteiger partial charge in [0.05, 0.1) is 0 Å². The van der Waals surface area contributed by atoms with Crippen molar-refractivity contribution in [2.75, 3.05) is 5.75 Å². The van der Waals surface area contributed by atoms with Crippen molar-refractivity contribution < 1.29 is 8.76 Å². The van der Waals surface area contributed by atoms with Crippen molar-refractivity contribution in [1.82, 2.24) is 0 Å². The summed E-state index contributed by atoms with van der Waals surface area (Å²) in [6.45, 7) is 0. The molecule has 0 aromatic heterocycles. The molecule has 0 aliphatic heterocycles. The first-order valence-electron chi connectivity index (χ1n) is 1.94. The Morgan fingerprint density at radius 3 is 2.88 bits per heavy atom. The Labute approximate surface area is 50.9 Å². The van der Waals surface area contributed by atoms with Crippen LogP contribution in [0.3, 0.4) is 0 Å². The van der Waals surface area contributed by atoms with Crippen LogP contribution in [0, 0.1) is 12.3 Å². The van der Waals surface area contributed by atoms with Crippen molar-refractivity contribution in [3.63, 3.8) is 0 Å². The molecular formula is C5H5O2S-. The smallest absolute Gasteiger partial charge is 0.0291 e. The van der Waals surface area contributed by atoms with Crippen LogP contribution >= 0.6 is 0 Å².